The number of ether oxygens (including phenoxy) is 1. The van der Waals surface area contributed by atoms with Gasteiger partial charge in [-0.2, -0.15) is 0 Å². The molecular formula is C7H15NO2. The molecule has 3 heteroatoms. The van der Waals surface area contributed by atoms with E-state index in [0.717, 1.165) is 0 Å². The lowest BCUT2D eigenvalue weighted by Gasteiger charge is -2.19. The Bertz CT molecular complexity index is 112. The number of nitrogens with zero attached hydrogens (tertiary/aromatic N) is 1. The zero-order valence-corrected chi connectivity index (χ0v) is 7.05. The Balaban J connectivity index is 3.57. The van der Waals surface area contributed by atoms with Crippen molar-refractivity contribution in [1.29, 1.82) is 0 Å². The molecule has 0 aliphatic rings. The van der Waals surface area contributed by atoms with Crippen LogP contribution in [0.25, 0.3) is 0 Å². The third kappa shape index (κ3) is 3.45. The second-order valence-corrected chi connectivity index (χ2v) is 2.41. The molecule has 0 aliphatic heterocycles. The monoisotopic (exact) mass is 145 g/mol. The van der Waals surface area contributed by atoms with E-state index in [2.05, 4.69) is 0 Å². The summed E-state index contributed by atoms with van der Waals surface area (Å²) >= 11 is 0. The van der Waals surface area contributed by atoms with Crippen molar-refractivity contribution in [2.45, 2.75) is 26.5 Å². The summed E-state index contributed by atoms with van der Waals surface area (Å²) in [6, 6.07) is 0. The Hall–Kier alpha value is -0.570. The molecule has 0 aromatic carbocycles. The van der Waals surface area contributed by atoms with Gasteiger partial charge in [0, 0.05) is 6.42 Å². The summed E-state index contributed by atoms with van der Waals surface area (Å²) in [7, 11) is 3.74. The van der Waals surface area contributed by atoms with Gasteiger partial charge in [-0.15, -0.1) is 0 Å². The molecule has 10 heavy (non-hydrogen) atoms. The Labute approximate surface area is 62.0 Å². The van der Waals surface area contributed by atoms with Crippen molar-refractivity contribution in [3.05, 3.63) is 0 Å². The third-order valence-corrected chi connectivity index (χ3v) is 1.32. The first-order valence-corrected chi connectivity index (χ1v) is 3.43. The minimum absolute atomic E-state index is 0.118. The molecule has 0 N–H and O–H groups in total. The fraction of sp³-hybridized carbons (Fsp3) is 0.857. The van der Waals surface area contributed by atoms with Gasteiger partial charge in [0.1, 0.15) is 0 Å². The average Bonchev–Trinajstić information content (AvgIpc) is 1.87. The molecule has 1 atom stereocenters. The Morgan fingerprint density at radius 2 is 2.10 bits per heavy atom. The Morgan fingerprint density at radius 3 is 2.40 bits per heavy atom. The van der Waals surface area contributed by atoms with Crippen molar-refractivity contribution in [3.8, 4) is 0 Å². The van der Waals surface area contributed by atoms with E-state index in [4.69, 9.17) is 4.74 Å². The number of hydrogen-bond donors (Lipinski definition) is 0. The molecule has 0 aromatic heterocycles. The van der Waals surface area contributed by atoms with E-state index in [9.17, 15) is 4.79 Å². The molecule has 0 amide bonds. The fourth-order valence-corrected chi connectivity index (χ4v) is 0.379. The summed E-state index contributed by atoms with van der Waals surface area (Å²) in [4.78, 5) is 12.5. The van der Waals surface area contributed by atoms with E-state index in [-0.39, 0.29) is 12.2 Å². The van der Waals surface area contributed by atoms with Gasteiger partial charge in [-0.3, -0.25) is 9.69 Å². The van der Waals surface area contributed by atoms with Gasteiger partial charge in [-0.1, -0.05) is 6.92 Å². The van der Waals surface area contributed by atoms with Crippen LogP contribution < -0.4 is 0 Å². The zero-order valence-electron chi connectivity index (χ0n) is 7.05. The van der Waals surface area contributed by atoms with Crippen LogP contribution in [0.4, 0.5) is 0 Å². The van der Waals surface area contributed by atoms with Gasteiger partial charge in [0.25, 0.3) is 0 Å². The van der Waals surface area contributed by atoms with Crippen molar-refractivity contribution in [2.24, 2.45) is 0 Å². The predicted molar refractivity (Wildman–Crippen MR) is 39.5 cm³/mol. The predicted octanol–water partition coefficient (Wildman–Crippen LogP) is 0.847. The van der Waals surface area contributed by atoms with Gasteiger partial charge in [0.15, 0.2) is 6.23 Å². The smallest absolute Gasteiger partial charge is 0.307 e. The molecular weight excluding hydrogens is 130 g/mol. The number of carbonyl (C=O) groups excluding carboxylic acids is 1. The van der Waals surface area contributed by atoms with Crippen molar-refractivity contribution in [3.63, 3.8) is 0 Å². The van der Waals surface area contributed by atoms with Crippen LogP contribution in [0.2, 0.25) is 0 Å². The lowest BCUT2D eigenvalue weighted by atomic mass is 10.5. The van der Waals surface area contributed by atoms with Crippen LogP contribution in [0.15, 0.2) is 0 Å². The largest absolute Gasteiger partial charge is 0.447 e. The van der Waals surface area contributed by atoms with Gasteiger partial charge in [-0.05, 0) is 21.0 Å². The number of rotatable bonds is 3. The van der Waals surface area contributed by atoms with Gasteiger partial charge in [0.2, 0.25) is 0 Å². The number of esters is 1. The van der Waals surface area contributed by atoms with Crippen molar-refractivity contribution in [2.75, 3.05) is 14.1 Å². The molecule has 3 nitrogen and oxygen atoms in total. The standard InChI is InChI=1S/C7H15NO2/c1-5-7(9)10-6(2)8(3)4/h6H,5H2,1-4H3. The van der Waals surface area contributed by atoms with E-state index < -0.39 is 0 Å². The van der Waals surface area contributed by atoms with E-state index in [1.165, 1.54) is 0 Å². The molecule has 60 valence electrons. The highest BCUT2D eigenvalue weighted by Crippen LogP contribution is 1.95. The second-order valence-electron chi connectivity index (χ2n) is 2.41. The van der Waals surface area contributed by atoms with Crippen LogP contribution in [0, 0.1) is 0 Å². The lowest BCUT2D eigenvalue weighted by Crippen LogP contribution is -2.29. The SMILES string of the molecule is CCC(=O)OC(C)N(C)C. The summed E-state index contributed by atoms with van der Waals surface area (Å²) in [5, 5.41) is 0. The molecule has 0 saturated carbocycles. The number of hydrogen-bond acceptors (Lipinski definition) is 3. The van der Waals surface area contributed by atoms with Crippen molar-refractivity contribution in [1.82, 2.24) is 4.90 Å². The Morgan fingerprint density at radius 1 is 1.60 bits per heavy atom. The summed E-state index contributed by atoms with van der Waals surface area (Å²) in [6.45, 7) is 3.62. The van der Waals surface area contributed by atoms with Crippen LogP contribution in [-0.2, 0) is 9.53 Å². The quantitative estimate of drug-likeness (QED) is 0.435. The van der Waals surface area contributed by atoms with Crippen molar-refractivity contribution >= 4 is 5.97 Å². The van der Waals surface area contributed by atoms with Gasteiger partial charge in [-0.25, -0.2) is 0 Å². The van der Waals surface area contributed by atoms with Gasteiger partial charge < -0.3 is 4.74 Å². The second kappa shape index (κ2) is 4.28. The summed E-state index contributed by atoms with van der Waals surface area (Å²) in [5.41, 5.74) is 0. The first-order chi connectivity index (χ1) is 4.57. The van der Waals surface area contributed by atoms with Crippen LogP contribution >= 0.6 is 0 Å². The van der Waals surface area contributed by atoms with Gasteiger partial charge in [0.05, 0.1) is 0 Å². The molecule has 0 aromatic rings. The van der Waals surface area contributed by atoms with Gasteiger partial charge >= 0.3 is 5.97 Å². The Kier molecular flexibility index (Phi) is 4.03. The highest BCUT2D eigenvalue weighted by Gasteiger charge is 2.07. The molecule has 0 spiro atoms. The molecule has 0 heterocycles. The van der Waals surface area contributed by atoms with Crippen LogP contribution in [0.3, 0.4) is 0 Å². The summed E-state index contributed by atoms with van der Waals surface area (Å²) < 4.78 is 4.95. The molecule has 0 rings (SSSR count). The minimum atomic E-state index is -0.152. The summed E-state index contributed by atoms with van der Waals surface area (Å²) in [5.74, 6) is -0.152. The molecule has 0 radical (unpaired) electrons. The zero-order chi connectivity index (χ0) is 8.15. The third-order valence-electron chi connectivity index (χ3n) is 1.32. The normalized spacial score (nSPS) is 13.3. The molecule has 0 saturated heterocycles. The number of carbonyl (C=O) groups is 1. The minimum Gasteiger partial charge on any atom is -0.447 e. The summed E-state index contributed by atoms with van der Waals surface area (Å²) in [6.07, 6.45) is 0.325. The highest BCUT2D eigenvalue weighted by molar-refractivity contribution is 5.68. The van der Waals surface area contributed by atoms with E-state index in [1.54, 1.807) is 6.92 Å². The van der Waals surface area contributed by atoms with E-state index in [0.29, 0.717) is 6.42 Å². The topological polar surface area (TPSA) is 29.5 Å². The molecule has 0 fully saturated rings. The maximum absolute atomic E-state index is 10.7. The van der Waals surface area contributed by atoms with E-state index in [1.807, 2.05) is 25.9 Å². The first-order valence-electron chi connectivity index (χ1n) is 3.43. The average molecular weight is 145 g/mol. The van der Waals surface area contributed by atoms with Crippen molar-refractivity contribution < 1.29 is 9.53 Å². The maximum atomic E-state index is 10.7. The lowest BCUT2D eigenvalue weighted by molar-refractivity contribution is -0.154. The molecule has 0 bridgehead atoms. The van der Waals surface area contributed by atoms with Crippen LogP contribution in [0.1, 0.15) is 20.3 Å². The first kappa shape index (κ1) is 9.43. The maximum Gasteiger partial charge on any atom is 0.307 e. The highest BCUT2D eigenvalue weighted by atomic mass is 16.6. The van der Waals surface area contributed by atoms with Crippen LogP contribution in [-0.4, -0.2) is 31.2 Å². The van der Waals surface area contributed by atoms with Crippen LogP contribution in [0.5, 0.6) is 0 Å². The molecule has 0 aliphatic carbocycles. The molecule has 1 unspecified atom stereocenters. The van der Waals surface area contributed by atoms with E-state index >= 15 is 0 Å². The fourth-order valence-electron chi connectivity index (χ4n) is 0.379.